The molecule has 0 amide bonds. The van der Waals surface area contributed by atoms with Gasteiger partial charge in [-0.1, -0.05) is 13.0 Å². The average molecular weight is 250 g/mol. The van der Waals surface area contributed by atoms with E-state index in [1.54, 1.807) is 0 Å². The Hall–Kier alpha value is -1.06. The van der Waals surface area contributed by atoms with Crippen molar-refractivity contribution in [3.8, 4) is 5.75 Å². The average Bonchev–Trinajstić information content (AvgIpc) is 2.41. The van der Waals surface area contributed by atoms with Gasteiger partial charge in [-0.3, -0.25) is 0 Å². The van der Waals surface area contributed by atoms with E-state index in [1.165, 1.54) is 11.1 Å². The molecule has 0 unspecified atom stereocenters. The van der Waals surface area contributed by atoms with Gasteiger partial charge in [-0.25, -0.2) is 0 Å². The fourth-order valence-electron chi connectivity index (χ4n) is 2.12. The molecule has 1 aromatic carbocycles. The minimum Gasteiger partial charge on any atom is -0.494 e. The minimum absolute atomic E-state index is 0.432. The van der Waals surface area contributed by atoms with Crippen LogP contribution < -0.4 is 16.2 Å². The van der Waals surface area contributed by atoms with Gasteiger partial charge in [0.05, 0.1) is 6.61 Å². The zero-order valence-corrected chi connectivity index (χ0v) is 11.6. The third-order valence-electron chi connectivity index (χ3n) is 3.36. The van der Waals surface area contributed by atoms with E-state index in [9.17, 15) is 0 Å². The first-order chi connectivity index (χ1) is 8.74. The van der Waals surface area contributed by atoms with Gasteiger partial charge in [0.15, 0.2) is 0 Å². The number of hydrogen-bond donors (Lipinski definition) is 2. The third-order valence-corrected chi connectivity index (χ3v) is 3.36. The normalized spacial score (nSPS) is 10.9. The molecular weight excluding hydrogens is 224 g/mol. The maximum atomic E-state index is 5.68. The highest BCUT2D eigenvalue weighted by molar-refractivity contribution is 5.35. The van der Waals surface area contributed by atoms with Crippen molar-refractivity contribution >= 4 is 0 Å². The van der Waals surface area contributed by atoms with Crippen molar-refractivity contribution in [1.29, 1.82) is 0 Å². The molecular formula is C15H26N2O. The Morgan fingerprint density at radius 1 is 1.11 bits per heavy atom. The van der Waals surface area contributed by atoms with Crippen LogP contribution in [0.5, 0.6) is 5.75 Å². The van der Waals surface area contributed by atoms with Crippen molar-refractivity contribution in [3.05, 3.63) is 29.3 Å². The summed E-state index contributed by atoms with van der Waals surface area (Å²) in [4.78, 5) is 0. The summed E-state index contributed by atoms with van der Waals surface area (Å²) in [5, 5.41) is 0. The molecule has 0 fully saturated rings. The maximum absolute atomic E-state index is 5.68. The lowest BCUT2D eigenvalue weighted by molar-refractivity contribution is 0.339. The number of rotatable bonds is 8. The smallest absolute Gasteiger partial charge is 0.119 e. The van der Waals surface area contributed by atoms with Crippen LogP contribution in [0.15, 0.2) is 18.2 Å². The molecule has 0 aromatic heterocycles. The monoisotopic (exact) mass is 250 g/mol. The Morgan fingerprint density at radius 3 is 2.39 bits per heavy atom. The highest BCUT2D eigenvalue weighted by Gasteiger charge is 2.08. The third kappa shape index (κ3) is 4.31. The quantitative estimate of drug-likeness (QED) is 0.743. The summed E-state index contributed by atoms with van der Waals surface area (Å²) in [5.41, 5.74) is 14.1. The molecule has 0 saturated carbocycles. The topological polar surface area (TPSA) is 61.3 Å². The van der Waals surface area contributed by atoms with Crippen molar-refractivity contribution in [3.63, 3.8) is 0 Å². The molecule has 0 atom stereocenters. The number of nitrogens with two attached hydrogens (primary N) is 2. The van der Waals surface area contributed by atoms with Crippen molar-refractivity contribution in [1.82, 2.24) is 0 Å². The van der Waals surface area contributed by atoms with Crippen LogP contribution in [0.1, 0.15) is 31.4 Å². The summed E-state index contributed by atoms with van der Waals surface area (Å²) in [6.45, 7) is 6.25. The van der Waals surface area contributed by atoms with Crippen LogP contribution in [0.2, 0.25) is 0 Å². The van der Waals surface area contributed by atoms with Crippen LogP contribution in [0.4, 0.5) is 0 Å². The van der Waals surface area contributed by atoms with Gasteiger partial charge in [0.2, 0.25) is 0 Å². The first-order valence-corrected chi connectivity index (χ1v) is 6.89. The van der Waals surface area contributed by atoms with Crippen molar-refractivity contribution in [2.45, 2.75) is 33.1 Å². The SMILES string of the molecule is CCOc1ccc(CCC(CN)CN)c(CC)c1. The molecule has 0 saturated heterocycles. The Balaban J connectivity index is 2.70. The van der Waals surface area contributed by atoms with Crippen LogP contribution in [0.25, 0.3) is 0 Å². The van der Waals surface area contributed by atoms with E-state index >= 15 is 0 Å². The van der Waals surface area contributed by atoms with Gasteiger partial charge < -0.3 is 16.2 Å². The molecule has 1 rings (SSSR count). The molecule has 0 aliphatic carbocycles. The lowest BCUT2D eigenvalue weighted by Crippen LogP contribution is -2.23. The summed E-state index contributed by atoms with van der Waals surface area (Å²) in [6, 6.07) is 6.38. The Morgan fingerprint density at radius 2 is 1.83 bits per heavy atom. The molecule has 0 aliphatic rings. The summed E-state index contributed by atoms with van der Waals surface area (Å²) >= 11 is 0. The van der Waals surface area contributed by atoms with Gasteiger partial charge in [-0.05, 0) is 68.5 Å². The molecule has 0 bridgehead atoms. The summed E-state index contributed by atoms with van der Waals surface area (Å²) in [7, 11) is 0. The molecule has 0 aliphatic heterocycles. The fraction of sp³-hybridized carbons (Fsp3) is 0.600. The molecule has 3 nitrogen and oxygen atoms in total. The van der Waals surface area contributed by atoms with E-state index in [1.807, 2.05) is 6.92 Å². The number of ether oxygens (including phenoxy) is 1. The van der Waals surface area contributed by atoms with Crippen LogP contribution >= 0.6 is 0 Å². The number of hydrogen-bond acceptors (Lipinski definition) is 3. The summed E-state index contributed by atoms with van der Waals surface area (Å²) < 4.78 is 5.53. The van der Waals surface area contributed by atoms with Crippen molar-refractivity contribution < 1.29 is 4.74 Å². The first kappa shape index (κ1) is 15.0. The van der Waals surface area contributed by atoms with Crippen LogP contribution in [-0.4, -0.2) is 19.7 Å². The van der Waals surface area contributed by atoms with Gasteiger partial charge in [-0.15, -0.1) is 0 Å². The van der Waals surface area contributed by atoms with Crippen LogP contribution in [0.3, 0.4) is 0 Å². The van der Waals surface area contributed by atoms with E-state index in [-0.39, 0.29) is 0 Å². The molecule has 4 N–H and O–H groups in total. The second-order valence-corrected chi connectivity index (χ2v) is 4.59. The van der Waals surface area contributed by atoms with E-state index in [0.29, 0.717) is 25.6 Å². The molecule has 0 heterocycles. The predicted octanol–water partition coefficient (Wildman–Crippen LogP) is 2.11. The summed E-state index contributed by atoms with van der Waals surface area (Å²) in [6.07, 6.45) is 3.15. The van der Waals surface area contributed by atoms with Crippen LogP contribution in [-0.2, 0) is 12.8 Å². The molecule has 102 valence electrons. The number of aryl methyl sites for hydroxylation is 2. The Bertz CT molecular complexity index is 348. The lowest BCUT2D eigenvalue weighted by Gasteiger charge is -2.14. The highest BCUT2D eigenvalue weighted by atomic mass is 16.5. The fourth-order valence-corrected chi connectivity index (χ4v) is 2.12. The number of benzene rings is 1. The van der Waals surface area contributed by atoms with E-state index < -0.39 is 0 Å². The standard InChI is InChI=1S/C15H26N2O/c1-3-13-9-15(18-4-2)8-7-14(13)6-5-12(10-16)11-17/h7-9,12H,3-6,10-11,16-17H2,1-2H3. The summed E-state index contributed by atoms with van der Waals surface area (Å²) in [5.74, 6) is 1.40. The molecule has 0 radical (unpaired) electrons. The Kier molecular flexibility index (Phi) is 6.76. The lowest BCUT2D eigenvalue weighted by atomic mass is 9.95. The molecule has 18 heavy (non-hydrogen) atoms. The first-order valence-electron chi connectivity index (χ1n) is 6.89. The van der Waals surface area contributed by atoms with E-state index in [0.717, 1.165) is 25.0 Å². The van der Waals surface area contributed by atoms with Gasteiger partial charge >= 0.3 is 0 Å². The van der Waals surface area contributed by atoms with E-state index in [2.05, 4.69) is 25.1 Å². The molecule has 0 spiro atoms. The van der Waals surface area contributed by atoms with E-state index in [4.69, 9.17) is 16.2 Å². The zero-order chi connectivity index (χ0) is 13.4. The second-order valence-electron chi connectivity index (χ2n) is 4.59. The molecule has 1 aromatic rings. The predicted molar refractivity (Wildman–Crippen MR) is 76.9 cm³/mol. The van der Waals surface area contributed by atoms with Crippen molar-refractivity contribution in [2.75, 3.05) is 19.7 Å². The largest absolute Gasteiger partial charge is 0.494 e. The van der Waals surface area contributed by atoms with Crippen molar-refractivity contribution in [2.24, 2.45) is 17.4 Å². The van der Waals surface area contributed by atoms with Gasteiger partial charge in [0.1, 0.15) is 5.75 Å². The zero-order valence-electron chi connectivity index (χ0n) is 11.6. The maximum Gasteiger partial charge on any atom is 0.119 e. The van der Waals surface area contributed by atoms with Gasteiger partial charge in [-0.2, -0.15) is 0 Å². The minimum atomic E-state index is 0.432. The van der Waals surface area contributed by atoms with Crippen LogP contribution in [0, 0.1) is 5.92 Å². The highest BCUT2D eigenvalue weighted by Crippen LogP contribution is 2.21. The Labute approximate surface area is 111 Å². The second kappa shape index (κ2) is 8.11. The van der Waals surface area contributed by atoms with Gasteiger partial charge in [0, 0.05) is 0 Å². The molecule has 3 heteroatoms. The van der Waals surface area contributed by atoms with Gasteiger partial charge in [0.25, 0.3) is 0 Å².